The molecule has 1 aliphatic rings. The van der Waals surface area contributed by atoms with Gasteiger partial charge in [0.1, 0.15) is 0 Å². The second-order valence-electron chi connectivity index (χ2n) is 8.20. The van der Waals surface area contributed by atoms with E-state index in [2.05, 4.69) is 57.4 Å². The third-order valence-corrected chi connectivity index (χ3v) is 6.21. The molecule has 4 aromatic rings. The lowest BCUT2D eigenvalue weighted by molar-refractivity contribution is 0.203. The molecule has 0 radical (unpaired) electrons. The number of fused-ring (bicyclic) bond motifs is 2. The highest BCUT2D eigenvalue weighted by molar-refractivity contribution is 5.88. The van der Waals surface area contributed by atoms with Crippen LogP contribution in [0, 0.1) is 19.8 Å². The Hall–Kier alpha value is -3.19. The smallest absolute Gasteiger partial charge is 0.227 e. The summed E-state index contributed by atoms with van der Waals surface area (Å²) in [7, 11) is 0. The van der Waals surface area contributed by atoms with Crippen LogP contribution in [0.5, 0.6) is 0 Å². The molecule has 30 heavy (non-hydrogen) atoms. The Morgan fingerprint density at radius 1 is 1.17 bits per heavy atom. The predicted molar refractivity (Wildman–Crippen MR) is 120 cm³/mol. The van der Waals surface area contributed by atoms with Crippen LogP contribution in [0.3, 0.4) is 0 Å². The average molecular weight is 403 g/mol. The molecule has 2 aromatic carbocycles. The van der Waals surface area contributed by atoms with Gasteiger partial charge in [0, 0.05) is 48.0 Å². The van der Waals surface area contributed by atoms with Gasteiger partial charge in [0.05, 0.1) is 17.2 Å². The number of rotatable bonds is 4. The summed E-state index contributed by atoms with van der Waals surface area (Å²) in [5.74, 6) is 1.01. The highest BCUT2D eigenvalue weighted by Crippen LogP contribution is 2.31. The largest absolute Gasteiger partial charge is 0.396 e. The molecule has 0 saturated carbocycles. The number of H-pyrrole nitrogens is 1. The van der Waals surface area contributed by atoms with Crippen molar-refractivity contribution in [2.24, 2.45) is 5.92 Å². The van der Waals surface area contributed by atoms with Gasteiger partial charge in [-0.2, -0.15) is 5.10 Å². The fourth-order valence-corrected chi connectivity index (χ4v) is 4.42. The first-order chi connectivity index (χ1) is 14.6. The van der Waals surface area contributed by atoms with Gasteiger partial charge in [-0.25, -0.2) is 9.97 Å². The number of aromatic nitrogens is 4. The molecular weight excluding hydrogens is 376 g/mol. The number of hydrogen-bond acceptors (Lipinski definition) is 6. The normalized spacial score (nSPS) is 15.2. The second-order valence-corrected chi connectivity index (χ2v) is 8.20. The fraction of sp³-hybridized carbons (Fsp3) is 0.348. The first-order valence-electron chi connectivity index (χ1n) is 10.5. The minimum Gasteiger partial charge on any atom is -0.396 e. The SMILES string of the molecule is Cc1cc(Nc2ncc3ccc(N4CCC(CO)CC4)c(C)c3n2)cc2[nH]ncc12. The summed E-state index contributed by atoms with van der Waals surface area (Å²) in [4.78, 5) is 11.8. The lowest BCUT2D eigenvalue weighted by Gasteiger charge is -2.34. The zero-order chi connectivity index (χ0) is 20.7. The maximum Gasteiger partial charge on any atom is 0.227 e. The molecule has 0 amide bonds. The lowest BCUT2D eigenvalue weighted by Crippen LogP contribution is -2.35. The first-order valence-corrected chi connectivity index (χ1v) is 10.5. The molecule has 0 spiro atoms. The summed E-state index contributed by atoms with van der Waals surface area (Å²) >= 11 is 0. The third kappa shape index (κ3) is 3.35. The first kappa shape index (κ1) is 18.8. The molecule has 7 heteroatoms. The Balaban J connectivity index is 1.46. The van der Waals surface area contributed by atoms with Gasteiger partial charge in [0.25, 0.3) is 0 Å². The number of nitrogens with zero attached hydrogens (tertiary/aromatic N) is 4. The van der Waals surface area contributed by atoms with E-state index < -0.39 is 0 Å². The van der Waals surface area contributed by atoms with Gasteiger partial charge in [-0.05, 0) is 68.0 Å². The zero-order valence-corrected chi connectivity index (χ0v) is 17.3. The summed E-state index contributed by atoms with van der Waals surface area (Å²) in [6.45, 7) is 6.43. The molecule has 1 saturated heterocycles. The molecule has 0 aliphatic carbocycles. The summed E-state index contributed by atoms with van der Waals surface area (Å²) in [5, 5.41) is 22.1. The number of hydrogen-bond donors (Lipinski definition) is 3. The second kappa shape index (κ2) is 7.57. The molecule has 0 atom stereocenters. The Labute approximate surface area is 175 Å². The van der Waals surface area contributed by atoms with Crippen molar-refractivity contribution in [1.29, 1.82) is 0 Å². The number of nitrogens with one attached hydrogen (secondary N) is 2. The highest BCUT2D eigenvalue weighted by atomic mass is 16.3. The van der Waals surface area contributed by atoms with Gasteiger partial charge < -0.3 is 15.3 Å². The number of aliphatic hydroxyl groups excluding tert-OH is 1. The van der Waals surface area contributed by atoms with Crippen molar-refractivity contribution in [2.45, 2.75) is 26.7 Å². The minimum absolute atomic E-state index is 0.288. The lowest BCUT2D eigenvalue weighted by atomic mass is 9.96. The van der Waals surface area contributed by atoms with Crippen LogP contribution >= 0.6 is 0 Å². The van der Waals surface area contributed by atoms with E-state index in [1.54, 1.807) is 0 Å². The van der Waals surface area contributed by atoms with Crippen LogP contribution in [0.25, 0.3) is 21.8 Å². The van der Waals surface area contributed by atoms with Crippen molar-refractivity contribution in [2.75, 3.05) is 29.9 Å². The van der Waals surface area contributed by atoms with Crippen LogP contribution in [-0.4, -0.2) is 45.0 Å². The van der Waals surface area contributed by atoms with E-state index in [9.17, 15) is 5.11 Å². The molecule has 1 aliphatic heterocycles. The van der Waals surface area contributed by atoms with E-state index >= 15 is 0 Å². The number of piperidine rings is 1. The van der Waals surface area contributed by atoms with Crippen LogP contribution in [0.1, 0.15) is 24.0 Å². The summed E-state index contributed by atoms with van der Waals surface area (Å²) in [6.07, 6.45) is 5.77. The monoisotopic (exact) mass is 402 g/mol. The van der Waals surface area contributed by atoms with Crippen molar-refractivity contribution in [3.05, 3.63) is 47.8 Å². The molecule has 2 aromatic heterocycles. The van der Waals surface area contributed by atoms with E-state index in [0.717, 1.165) is 59.0 Å². The minimum atomic E-state index is 0.288. The summed E-state index contributed by atoms with van der Waals surface area (Å²) < 4.78 is 0. The molecule has 3 N–H and O–H groups in total. The molecule has 5 rings (SSSR count). The number of anilines is 3. The van der Waals surface area contributed by atoms with E-state index in [0.29, 0.717) is 11.9 Å². The quantitative estimate of drug-likeness (QED) is 0.477. The van der Waals surface area contributed by atoms with E-state index in [4.69, 9.17) is 4.98 Å². The maximum atomic E-state index is 9.41. The van der Waals surface area contributed by atoms with Gasteiger partial charge in [-0.3, -0.25) is 5.10 Å². The predicted octanol–water partition coefficient (Wildman–Crippen LogP) is 4.08. The van der Waals surface area contributed by atoms with Crippen molar-refractivity contribution in [3.63, 3.8) is 0 Å². The summed E-state index contributed by atoms with van der Waals surface area (Å²) in [6, 6.07) is 8.38. The molecule has 3 heterocycles. The van der Waals surface area contributed by atoms with Crippen molar-refractivity contribution in [3.8, 4) is 0 Å². The van der Waals surface area contributed by atoms with Crippen LogP contribution in [0.4, 0.5) is 17.3 Å². The molecule has 0 bridgehead atoms. The maximum absolute atomic E-state index is 9.41. The Kier molecular flexibility index (Phi) is 4.75. The van der Waals surface area contributed by atoms with Gasteiger partial charge in [-0.15, -0.1) is 0 Å². The summed E-state index contributed by atoms with van der Waals surface area (Å²) in [5.41, 5.74) is 6.42. The molecule has 1 fully saturated rings. The van der Waals surface area contributed by atoms with Crippen molar-refractivity contribution in [1.82, 2.24) is 20.2 Å². The molecule has 7 nitrogen and oxygen atoms in total. The van der Waals surface area contributed by atoms with Gasteiger partial charge in [0.2, 0.25) is 5.95 Å². The van der Waals surface area contributed by atoms with Crippen LogP contribution < -0.4 is 10.2 Å². The Morgan fingerprint density at radius 3 is 2.80 bits per heavy atom. The van der Waals surface area contributed by atoms with Crippen molar-refractivity contribution < 1.29 is 5.11 Å². The van der Waals surface area contributed by atoms with Crippen LogP contribution in [0.2, 0.25) is 0 Å². The molecular formula is C23H26N6O. The van der Waals surface area contributed by atoms with Gasteiger partial charge >= 0.3 is 0 Å². The van der Waals surface area contributed by atoms with E-state index in [1.165, 1.54) is 11.3 Å². The van der Waals surface area contributed by atoms with Crippen LogP contribution in [0.15, 0.2) is 36.7 Å². The molecule has 0 unspecified atom stereocenters. The van der Waals surface area contributed by atoms with E-state index in [-0.39, 0.29) is 6.61 Å². The van der Waals surface area contributed by atoms with E-state index in [1.807, 2.05) is 18.5 Å². The standard InChI is InChI=1S/C23H26N6O/c1-14-9-18(10-20-19(14)12-25-28-20)26-23-24-11-17-3-4-21(15(2)22(17)27-23)29-7-5-16(13-30)6-8-29/h3-4,9-12,16,30H,5-8,13H2,1-2H3,(H,25,28)(H,24,26,27). The third-order valence-electron chi connectivity index (χ3n) is 6.21. The van der Waals surface area contributed by atoms with Crippen LogP contribution in [-0.2, 0) is 0 Å². The topological polar surface area (TPSA) is 90.0 Å². The number of benzene rings is 2. The van der Waals surface area contributed by atoms with Gasteiger partial charge in [0.15, 0.2) is 0 Å². The number of aromatic amines is 1. The van der Waals surface area contributed by atoms with Crippen molar-refractivity contribution >= 4 is 39.1 Å². The average Bonchev–Trinajstić information content (AvgIpc) is 3.24. The molecule has 154 valence electrons. The highest BCUT2D eigenvalue weighted by Gasteiger charge is 2.20. The number of aliphatic hydroxyl groups is 1. The Morgan fingerprint density at radius 2 is 2.00 bits per heavy atom. The fourth-order valence-electron chi connectivity index (χ4n) is 4.42. The zero-order valence-electron chi connectivity index (χ0n) is 17.3. The Bertz CT molecular complexity index is 1210. The number of aryl methyl sites for hydroxylation is 2. The van der Waals surface area contributed by atoms with Gasteiger partial charge in [-0.1, -0.05) is 0 Å².